The van der Waals surface area contributed by atoms with E-state index in [2.05, 4.69) is 44.4 Å². The van der Waals surface area contributed by atoms with Gasteiger partial charge in [-0.15, -0.1) is 0 Å². The van der Waals surface area contributed by atoms with Crippen molar-refractivity contribution in [1.29, 1.82) is 0 Å². The summed E-state index contributed by atoms with van der Waals surface area (Å²) >= 11 is 0. The van der Waals surface area contributed by atoms with Crippen LogP contribution in [0.2, 0.25) is 0 Å². The zero-order valence-corrected chi connectivity index (χ0v) is 11.2. The average Bonchev–Trinajstić information content (AvgIpc) is 2.17. The second-order valence-electron chi connectivity index (χ2n) is 5.45. The van der Waals surface area contributed by atoms with Gasteiger partial charge in [0.1, 0.15) is 0 Å². The zero-order valence-electron chi connectivity index (χ0n) is 11.2. The van der Waals surface area contributed by atoms with Crippen molar-refractivity contribution in [1.82, 2.24) is 9.80 Å². The predicted octanol–water partition coefficient (Wildman–Crippen LogP) is 2.45. The van der Waals surface area contributed by atoms with Gasteiger partial charge in [0.25, 0.3) is 0 Å². The zero-order chi connectivity index (χ0) is 11.4. The normalized spacial score (nSPS) is 27.2. The largest absolute Gasteiger partial charge is 0.300 e. The molecule has 1 heterocycles. The van der Waals surface area contributed by atoms with Crippen molar-refractivity contribution < 1.29 is 0 Å². The molecule has 0 N–H and O–H groups in total. The SMILES string of the molecule is CCC(C)CN1CCN(C(C)C)C(C)C1. The van der Waals surface area contributed by atoms with Gasteiger partial charge in [-0.25, -0.2) is 0 Å². The summed E-state index contributed by atoms with van der Waals surface area (Å²) in [6.07, 6.45) is 1.30. The summed E-state index contributed by atoms with van der Waals surface area (Å²) in [7, 11) is 0. The Bertz CT molecular complexity index is 179. The van der Waals surface area contributed by atoms with Crippen LogP contribution in [-0.2, 0) is 0 Å². The molecule has 0 bridgehead atoms. The first-order valence-corrected chi connectivity index (χ1v) is 6.52. The van der Waals surface area contributed by atoms with Crippen molar-refractivity contribution in [3.8, 4) is 0 Å². The Kier molecular flexibility index (Phi) is 5.07. The fourth-order valence-corrected chi connectivity index (χ4v) is 2.55. The molecule has 2 atom stereocenters. The van der Waals surface area contributed by atoms with Gasteiger partial charge in [0, 0.05) is 38.3 Å². The Labute approximate surface area is 95.6 Å². The molecule has 1 fully saturated rings. The minimum Gasteiger partial charge on any atom is -0.300 e. The molecule has 0 saturated carbocycles. The molecule has 2 unspecified atom stereocenters. The Morgan fingerprint density at radius 2 is 1.87 bits per heavy atom. The molecule has 1 aliphatic rings. The fourth-order valence-electron chi connectivity index (χ4n) is 2.55. The summed E-state index contributed by atoms with van der Waals surface area (Å²) in [6.45, 7) is 16.7. The molecule has 2 nitrogen and oxygen atoms in total. The molecule has 90 valence electrons. The van der Waals surface area contributed by atoms with Crippen LogP contribution in [0, 0.1) is 5.92 Å². The molecule has 15 heavy (non-hydrogen) atoms. The van der Waals surface area contributed by atoms with Gasteiger partial charge in [-0.2, -0.15) is 0 Å². The maximum Gasteiger partial charge on any atom is 0.0198 e. The second kappa shape index (κ2) is 5.86. The van der Waals surface area contributed by atoms with Crippen LogP contribution in [0.5, 0.6) is 0 Å². The van der Waals surface area contributed by atoms with Crippen molar-refractivity contribution in [2.24, 2.45) is 5.92 Å². The molecule has 0 aliphatic carbocycles. The van der Waals surface area contributed by atoms with Gasteiger partial charge in [-0.1, -0.05) is 20.3 Å². The lowest BCUT2D eigenvalue weighted by Crippen LogP contribution is -2.54. The summed E-state index contributed by atoms with van der Waals surface area (Å²) in [6, 6.07) is 1.42. The minimum atomic E-state index is 0.700. The van der Waals surface area contributed by atoms with Gasteiger partial charge in [-0.05, 0) is 26.7 Å². The monoisotopic (exact) mass is 212 g/mol. The second-order valence-corrected chi connectivity index (χ2v) is 5.45. The molecule has 1 saturated heterocycles. The molecule has 0 radical (unpaired) electrons. The van der Waals surface area contributed by atoms with Crippen molar-refractivity contribution >= 4 is 0 Å². The van der Waals surface area contributed by atoms with Crippen LogP contribution in [-0.4, -0.2) is 48.1 Å². The third-order valence-corrected chi connectivity index (χ3v) is 3.69. The van der Waals surface area contributed by atoms with Crippen molar-refractivity contribution in [3.05, 3.63) is 0 Å². The molecule has 0 amide bonds. The van der Waals surface area contributed by atoms with Gasteiger partial charge in [-0.3, -0.25) is 4.90 Å². The first kappa shape index (κ1) is 13.0. The summed E-state index contributed by atoms with van der Waals surface area (Å²) in [5.74, 6) is 0.850. The van der Waals surface area contributed by atoms with Crippen LogP contribution in [0.4, 0.5) is 0 Å². The van der Waals surface area contributed by atoms with Gasteiger partial charge in [0.15, 0.2) is 0 Å². The van der Waals surface area contributed by atoms with Crippen molar-refractivity contribution in [2.45, 2.75) is 53.1 Å². The van der Waals surface area contributed by atoms with Gasteiger partial charge < -0.3 is 4.90 Å². The quantitative estimate of drug-likeness (QED) is 0.706. The topological polar surface area (TPSA) is 6.48 Å². The highest BCUT2D eigenvalue weighted by Crippen LogP contribution is 2.14. The number of hydrogen-bond donors (Lipinski definition) is 0. The summed E-state index contributed by atoms with van der Waals surface area (Å²) < 4.78 is 0. The lowest BCUT2D eigenvalue weighted by molar-refractivity contribution is 0.0531. The van der Waals surface area contributed by atoms with Crippen LogP contribution in [0.15, 0.2) is 0 Å². The highest BCUT2D eigenvalue weighted by Gasteiger charge is 2.25. The Balaban J connectivity index is 2.37. The molecule has 0 spiro atoms. The molecule has 2 heteroatoms. The predicted molar refractivity (Wildman–Crippen MR) is 67.2 cm³/mol. The third-order valence-electron chi connectivity index (χ3n) is 3.69. The van der Waals surface area contributed by atoms with E-state index in [0.717, 1.165) is 12.0 Å². The smallest absolute Gasteiger partial charge is 0.0198 e. The van der Waals surface area contributed by atoms with Crippen LogP contribution in [0.3, 0.4) is 0 Å². The molecule has 0 aromatic carbocycles. The van der Waals surface area contributed by atoms with Crippen LogP contribution >= 0.6 is 0 Å². The average molecular weight is 212 g/mol. The van der Waals surface area contributed by atoms with E-state index < -0.39 is 0 Å². The lowest BCUT2D eigenvalue weighted by Gasteiger charge is -2.42. The van der Waals surface area contributed by atoms with E-state index in [0.29, 0.717) is 6.04 Å². The first-order chi connectivity index (χ1) is 7.04. The van der Waals surface area contributed by atoms with Gasteiger partial charge >= 0.3 is 0 Å². The van der Waals surface area contributed by atoms with E-state index in [1.165, 1.54) is 32.6 Å². The Morgan fingerprint density at radius 3 is 2.33 bits per heavy atom. The summed E-state index contributed by atoms with van der Waals surface area (Å²) in [4.78, 5) is 5.25. The number of nitrogens with zero attached hydrogens (tertiary/aromatic N) is 2. The van der Waals surface area contributed by atoms with Crippen LogP contribution < -0.4 is 0 Å². The summed E-state index contributed by atoms with van der Waals surface area (Å²) in [5, 5.41) is 0. The van der Waals surface area contributed by atoms with E-state index in [-0.39, 0.29) is 0 Å². The standard InChI is InChI=1S/C13H28N2/c1-6-12(4)9-14-7-8-15(11(2)3)13(5)10-14/h11-13H,6-10H2,1-5H3. The Morgan fingerprint density at radius 1 is 1.20 bits per heavy atom. The maximum absolute atomic E-state index is 2.64. The van der Waals surface area contributed by atoms with Gasteiger partial charge in [0.05, 0.1) is 0 Å². The number of piperazine rings is 1. The lowest BCUT2D eigenvalue weighted by atomic mass is 10.1. The van der Waals surface area contributed by atoms with Crippen molar-refractivity contribution in [2.75, 3.05) is 26.2 Å². The van der Waals surface area contributed by atoms with Crippen LogP contribution in [0.25, 0.3) is 0 Å². The fraction of sp³-hybridized carbons (Fsp3) is 1.00. The molecular formula is C13H28N2. The number of hydrogen-bond acceptors (Lipinski definition) is 2. The molecule has 0 aromatic rings. The first-order valence-electron chi connectivity index (χ1n) is 6.52. The highest BCUT2D eigenvalue weighted by molar-refractivity contribution is 4.81. The summed E-state index contributed by atoms with van der Waals surface area (Å²) in [5.41, 5.74) is 0. The van der Waals surface area contributed by atoms with E-state index in [9.17, 15) is 0 Å². The molecular weight excluding hydrogens is 184 g/mol. The number of rotatable bonds is 4. The van der Waals surface area contributed by atoms with Crippen molar-refractivity contribution in [3.63, 3.8) is 0 Å². The molecule has 1 aliphatic heterocycles. The molecule has 1 rings (SSSR count). The Hall–Kier alpha value is -0.0800. The third kappa shape index (κ3) is 3.76. The van der Waals surface area contributed by atoms with E-state index >= 15 is 0 Å². The minimum absolute atomic E-state index is 0.700. The maximum atomic E-state index is 2.64. The van der Waals surface area contributed by atoms with E-state index in [1.807, 2.05) is 0 Å². The van der Waals surface area contributed by atoms with Gasteiger partial charge in [0.2, 0.25) is 0 Å². The van der Waals surface area contributed by atoms with E-state index in [4.69, 9.17) is 0 Å². The molecule has 0 aromatic heterocycles. The van der Waals surface area contributed by atoms with E-state index in [1.54, 1.807) is 0 Å². The highest BCUT2D eigenvalue weighted by atomic mass is 15.3. The van der Waals surface area contributed by atoms with Crippen LogP contribution in [0.1, 0.15) is 41.0 Å².